The first kappa shape index (κ1) is 10.5. The summed E-state index contributed by atoms with van der Waals surface area (Å²) in [4.78, 5) is 11.2. The van der Waals surface area contributed by atoms with Crippen LogP contribution in [-0.4, -0.2) is 11.6 Å². The molecule has 3 N–H and O–H groups in total. The Labute approximate surface area is 82.1 Å². The zero-order chi connectivity index (χ0) is 10.8. The van der Waals surface area contributed by atoms with Gasteiger partial charge in [0.25, 0.3) is 5.91 Å². The molecule has 0 fully saturated rings. The monoisotopic (exact) mass is 196 g/mol. The molecule has 1 rings (SSSR count). The van der Waals surface area contributed by atoms with Gasteiger partial charge in [0.2, 0.25) is 0 Å². The molecule has 0 bridgehead atoms. The number of carbonyl (C=O) groups excluding carboxylic acids is 1. The molecule has 0 aliphatic carbocycles. The van der Waals surface area contributed by atoms with Gasteiger partial charge in [0.1, 0.15) is 0 Å². The predicted octanol–water partition coefficient (Wildman–Crippen LogP) is 1.96. The molecule has 0 heterocycles. The van der Waals surface area contributed by atoms with E-state index in [1.165, 1.54) is 13.8 Å². The molecular formula is C10H13FN2O. The molecule has 0 aliphatic rings. The van der Waals surface area contributed by atoms with Crippen molar-refractivity contribution in [2.24, 2.45) is 0 Å². The molecular weight excluding hydrogens is 183 g/mol. The standard InChI is InChI=1S/C10H13FN2O/c1-10(2,11)9(14)13-8-6-4-3-5-7(8)12/h3-6H,12H2,1-2H3,(H,13,14). The van der Waals surface area contributed by atoms with Crippen molar-refractivity contribution in [3.05, 3.63) is 24.3 Å². The number of nitrogens with two attached hydrogens (primary N) is 1. The van der Waals surface area contributed by atoms with Crippen LogP contribution in [0.4, 0.5) is 15.8 Å². The third-order valence-corrected chi connectivity index (χ3v) is 1.75. The van der Waals surface area contributed by atoms with Crippen LogP contribution in [0.5, 0.6) is 0 Å². The van der Waals surface area contributed by atoms with Gasteiger partial charge < -0.3 is 11.1 Å². The topological polar surface area (TPSA) is 55.1 Å². The van der Waals surface area contributed by atoms with Crippen LogP contribution in [0.3, 0.4) is 0 Å². The van der Waals surface area contributed by atoms with E-state index in [1.807, 2.05) is 0 Å². The van der Waals surface area contributed by atoms with E-state index < -0.39 is 11.6 Å². The number of carbonyl (C=O) groups is 1. The summed E-state index contributed by atoms with van der Waals surface area (Å²) >= 11 is 0. The summed E-state index contributed by atoms with van der Waals surface area (Å²) in [5, 5.41) is 2.41. The number of alkyl halides is 1. The molecule has 0 aliphatic heterocycles. The van der Waals surface area contributed by atoms with Gasteiger partial charge in [-0.15, -0.1) is 0 Å². The Morgan fingerprint density at radius 2 is 2.00 bits per heavy atom. The maximum atomic E-state index is 13.1. The van der Waals surface area contributed by atoms with Crippen LogP contribution < -0.4 is 11.1 Å². The summed E-state index contributed by atoms with van der Waals surface area (Å²) in [5.41, 5.74) is 4.53. The average molecular weight is 196 g/mol. The highest BCUT2D eigenvalue weighted by Crippen LogP contribution is 2.19. The largest absolute Gasteiger partial charge is 0.397 e. The number of amides is 1. The third-order valence-electron chi connectivity index (χ3n) is 1.75. The van der Waals surface area contributed by atoms with Crippen molar-refractivity contribution in [3.63, 3.8) is 0 Å². The number of nitrogens with one attached hydrogen (secondary N) is 1. The quantitative estimate of drug-likeness (QED) is 0.710. The molecule has 0 aromatic heterocycles. The zero-order valence-electron chi connectivity index (χ0n) is 8.17. The molecule has 0 saturated carbocycles. The highest BCUT2D eigenvalue weighted by atomic mass is 19.1. The second-order valence-electron chi connectivity index (χ2n) is 3.51. The second kappa shape index (κ2) is 3.65. The highest BCUT2D eigenvalue weighted by molar-refractivity contribution is 5.98. The van der Waals surface area contributed by atoms with E-state index in [0.29, 0.717) is 11.4 Å². The van der Waals surface area contributed by atoms with Crippen LogP contribution in [0.2, 0.25) is 0 Å². The first-order valence-electron chi connectivity index (χ1n) is 4.26. The van der Waals surface area contributed by atoms with E-state index in [-0.39, 0.29) is 0 Å². The molecule has 14 heavy (non-hydrogen) atoms. The van der Waals surface area contributed by atoms with E-state index in [2.05, 4.69) is 5.32 Å². The van der Waals surface area contributed by atoms with Crippen molar-refractivity contribution in [2.45, 2.75) is 19.5 Å². The van der Waals surface area contributed by atoms with Gasteiger partial charge in [-0.2, -0.15) is 0 Å². The highest BCUT2D eigenvalue weighted by Gasteiger charge is 2.26. The first-order chi connectivity index (χ1) is 6.41. The van der Waals surface area contributed by atoms with E-state index in [0.717, 1.165) is 0 Å². The summed E-state index contributed by atoms with van der Waals surface area (Å²) in [5.74, 6) is -0.699. The molecule has 0 radical (unpaired) electrons. The maximum absolute atomic E-state index is 13.1. The zero-order valence-corrected chi connectivity index (χ0v) is 8.17. The fraction of sp³-hybridized carbons (Fsp3) is 0.300. The minimum Gasteiger partial charge on any atom is -0.397 e. The lowest BCUT2D eigenvalue weighted by molar-refractivity contribution is -0.125. The van der Waals surface area contributed by atoms with Crippen LogP contribution in [0, 0.1) is 0 Å². The number of benzene rings is 1. The number of halogens is 1. The minimum atomic E-state index is -1.90. The lowest BCUT2D eigenvalue weighted by atomic mass is 10.1. The Balaban J connectivity index is 2.80. The van der Waals surface area contributed by atoms with Crippen molar-refractivity contribution >= 4 is 17.3 Å². The van der Waals surface area contributed by atoms with Crippen LogP contribution in [-0.2, 0) is 4.79 Å². The maximum Gasteiger partial charge on any atom is 0.261 e. The molecule has 1 amide bonds. The predicted molar refractivity (Wildman–Crippen MR) is 54.7 cm³/mol. The van der Waals surface area contributed by atoms with Crippen LogP contribution in [0.15, 0.2) is 24.3 Å². The number of hydrogen-bond donors (Lipinski definition) is 2. The van der Waals surface area contributed by atoms with Gasteiger partial charge >= 0.3 is 0 Å². The molecule has 1 aromatic carbocycles. The van der Waals surface area contributed by atoms with Crippen molar-refractivity contribution in [1.29, 1.82) is 0 Å². The normalized spacial score (nSPS) is 11.1. The van der Waals surface area contributed by atoms with E-state index in [4.69, 9.17) is 5.73 Å². The summed E-state index contributed by atoms with van der Waals surface area (Å²) < 4.78 is 13.1. The molecule has 76 valence electrons. The molecule has 3 nitrogen and oxygen atoms in total. The molecule has 1 aromatic rings. The minimum absolute atomic E-state index is 0.421. The Hall–Kier alpha value is -1.58. The number of rotatable bonds is 2. The van der Waals surface area contributed by atoms with E-state index in [1.54, 1.807) is 24.3 Å². The summed E-state index contributed by atoms with van der Waals surface area (Å²) in [7, 11) is 0. The molecule has 0 spiro atoms. The molecule has 0 saturated heterocycles. The van der Waals surface area contributed by atoms with Gasteiger partial charge in [-0.05, 0) is 26.0 Å². The van der Waals surface area contributed by atoms with Crippen molar-refractivity contribution < 1.29 is 9.18 Å². The van der Waals surface area contributed by atoms with Crippen molar-refractivity contribution in [3.8, 4) is 0 Å². The molecule has 0 unspecified atom stereocenters. The number of para-hydroxylation sites is 2. The van der Waals surface area contributed by atoms with Crippen LogP contribution >= 0.6 is 0 Å². The second-order valence-corrected chi connectivity index (χ2v) is 3.51. The van der Waals surface area contributed by atoms with Gasteiger partial charge in [0.05, 0.1) is 11.4 Å². The molecule has 4 heteroatoms. The average Bonchev–Trinajstić information content (AvgIpc) is 2.07. The van der Waals surface area contributed by atoms with E-state index >= 15 is 0 Å². The van der Waals surface area contributed by atoms with Gasteiger partial charge in [0.15, 0.2) is 5.67 Å². The van der Waals surface area contributed by atoms with Gasteiger partial charge in [-0.1, -0.05) is 12.1 Å². The Morgan fingerprint density at radius 3 is 2.50 bits per heavy atom. The Kier molecular flexibility index (Phi) is 2.74. The number of hydrogen-bond acceptors (Lipinski definition) is 2. The summed E-state index contributed by atoms with van der Waals surface area (Å²) in [6.45, 7) is 2.39. The lowest BCUT2D eigenvalue weighted by Gasteiger charge is -2.14. The smallest absolute Gasteiger partial charge is 0.261 e. The fourth-order valence-corrected chi connectivity index (χ4v) is 0.882. The molecule has 0 atom stereocenters. The number of nitrogen functional groups attached to an aromatic ring is 1. The Morgan fingerprint density at radius 1 is 1.43 bits per heavy atom. The van der Waals surface area contributed by atoms with Crippen molar-refractivity contribution in [2.75, 3.05) is 11.1 Å². The van der Waals surface area contributed by atoms with Gasteiger partial charge in [-0.25, -0.2) is 4.39 Å². The van der Waals surface area contributed by atoms with Gasteiger partial charge in [0, 0.05) is 0 Å². The van der Waals surface area contributed by atoms with E-state index in [9.17, 15) is 9.18 Å². The van der Waals surface area contributed by atoms with Crippen LogP contribution in [0.25, 0.3) is 0 Å². The summed E-state index contributed by atoms with van der Waals surface area (Å²) in [6, 6.07) is 6.72. The summed E-state index contributed by atoms with van der Waals surface area (Å²) in [6.07, 6.45) is 0. The van der Waals surface area contributed by atoms with Gasteiger partial charge in [-0.3, -0.25) is 4.79 Å². The first-order valence-corrected chi connectivity index (χ1v) is 4.26. The Bertz CT molecular complexity index is 344. The fourth-order valence-electron chi connectivity index (χ4n) is 0.882. The van der Waals surface area contributed by atoms with Crippen LogP contribution in [0.1, 0.15) is 13.8 Å². The third kappa shape index (κ3) is 2.45. The lowest BCUT2D eigenvalue weighted by Crippen LogP contribution is -2.32. The SMILES string of the molecule is CC(C)(F)C(=O)Nc1ccccc1N. The van der Waals surface area contributed by atoms with Crippen molar-refractivity contribution in [1.82, 2.24) is 0 Å². The number of anilines is 2.